The average Bonchev–Trinajstić information content (AvgIpc) is 2.83. The zero-order valence-electron chi connectivity index (χ0n) is 21.7. The van der Waals surface area contributed by atoms with E-state index in [1.54, 1.807) is 26.6 Å². The lowest BCUT2D eigenvalue weighted by molar-refractivity contribution is -0.106. The second-order valence-corrected chi connectivity index (χ2v) is 11.3. The normalized spacial score (nSPS) is 22.1. The number of likely N-dealkylation sites (N-methyl/N-ethyl adjacent to an activating group) is 1. The molecule has 1 N–H and O–H groups in total. The summed E-state index contributed by atoms with van der Waals surface area (Å²) < 4.78 is 75.7. The van der Waals surface area contributed by atoms with Gasteiger partial charge in [-0.05, 0) is 42.7 Å². The number of aromatic nitrogens is 1. The largest absolute Gasteiger partial charge is 0.491 e. The molecule has 1 aliphatic heterocycles. The lowest BCUT2D eigenvalue weighted by Crippen LogP contribution is -2.46. The first kappa shape index (κ1) is 29.7. The van der Waals surface area contributed by atoms with Crippen LogP contribution in [0.25, 0.3) is 0 Å². The smallest absolute Gasteiger partial charge is 0.404 e. The Hall–Kier alpha value is -2.90. The van der Waals surface area contributed by atoms with E-state index in [4.69, 9.17) is 9.47 Å². The molecule has 1 aromatic heterocycles. The molecule has 0 spiro atoms. The summed E-state index contributed by atoms with van der Waals surface area (Å²) in [7, 11) is -1.58. The van der Waals surface area contributed by atoms with Crippen molar-refractivity contribution in [3.05, 3.63) is 53.9 Å². The van der Waals surface area contributed by atoms with Crippen molar-refractivity contribution in [2.45, 2.75) is 38.7 Å². The van der Waals surface area contributed by atoms with Gasteiger partial charge in [-0.3, -0.25) is 19.4 Å². The van der Waals surface area contributed by atoms with Gasteiger partial charge in [0.25, 0.3) is 5.91 Å². The first-order valence-corrected chi connectivity index (χ1v) is 13.7. The monoisotopic (exact) mass is 558 g/mol. The lowest BCUT2D eigenvalue weighted by atomic mass is 10.0. The van der Waals surface area contributed by atoms with Gasteiger partial charge in [-0.25, -0.2) is 8.42 Å². The highest BCUT2D eigenvalue weighted by atomic mass is 32.2. The Morgan fingerprint density at radius 3 is 2.58 bits per heavy atom. The molecule has 1 aliphatic rings. The predicted molar refractivity (Wildman–Crippen MR) is 136 cm³/mol. The molecule has 1 amide bonds. The number of hydrogen-bond acceptors (Lipinski definition) is 7. The van der Waals surface area contributed by atoms with Crippen LogP contribution in [0.2, 0.25) is 0 Å². The van der Waals surface area contributed by atoms with E-state index in [0.717, 1.165) is 5.56 Å². The number of nitrogens with zero attached hydrogens (tertiary/aromatic N) is 3. The van der Waals surface area contributed by atoms with E-state index in [2.05, 4.69) is 9.88 Å². The molecule has 0 radical (unpaired) electrons. The average molecular weight is 559 g/mol. The number of sulfonamides is 1. The van der Waals surface area contributed by atoms with Gasteiger partial charge in [-0.2, -0.15) is 13.2 Å². The van der Waals surface area contributed by atoms with Crippen molar-refractivity contribution in [2.75, 3.05) is 44.3 Å². The van der Waals surface area contributed by atoms with Crippen LogP contribution >= 0.6 is 0 Å². The quantitative estimate of drug-likeness (QED) is 0.580. The van der Waals surface area contributed by atoms with Gasteiger partial charge in [0.05, 0.1) is 11.7 Å². The molecule has 38 heavy (non-hydrogen) atoms. The van der Waals surface area contributed by atoms with E-state index in [1.165, 1.54) is 23.1 Å². The molecule has 13 heteroatoms. The van der Waals surface area contributed by atoms with Gasteiger partial charge < -0.3 is 14.4 Å². The molecule has 3 rings (SSSR count). The second-order valence-electron chi connectivity index (χ2n) is 9.58. The number of anilines is 1. The number of alkyl halides is 3. The topological polar surface area (TPSA) is 101 Å². The molecule has 0 saturated carbocycles. The molecule has 2 aromatic rings. The highest BCUT2D eigenvalue weighted by Crippen LogP contribution is 2.28. The summed E-state index contributed by atoms with van der Waals surface area (Å²) in [5.41, 5.74) is 0.873. The number of halogens is 3. The van der Waals surface area contributed by atoms with Gasteiger partial charge in [0.2, 0.25) is 10.0 Å². The van der Waals surface area contributed by atoms with Crippen LogP contribution in [0.1, 0.15) is 29.8 Å². The molecule has 1 aromatic carbocycles. The van der Waals surface area contributed by atoms with Crippen molar-refractivity contribution in [2.24, 2.45) is 5.92 Å². The third-order valence-corrected chi connectivity index (χ3v) is 7.56. The number of carbonyl (C=O) groups excluding carboxylic acids is 1. The van der Waals surface area contributed by atoms with E-state index in [1.807, 2.05) is 30.7 Å². The number of hydrogen-bond donors (Lipinski definition) is 1. The molecule has 0 unspecified atom stereocenters. The highest BCUT2D eigenvalue weighted by molar-refractivity contribution is 7.92. The Labute approximate surface area is 221 Å². The van der Waals surface area contributed by atoms with Crippen molar-refractivity contribution in [1.82, 2.24) is 14.8 Å². The number of pyridine rings is 1. The third kappa shape index (κ3) is 8.30. The summed E-state index contributed by atoms with van der Waals surface area (Å²) in [6.45, 7) is 5.73. The minimum Gasteiger partial charge on any atom is -0.491 e. The summed E-state index contributed by atoms with van der Waals surface area (Å²) in [5, 5.41) is 0. The first-order valence-electron chi connectivity index (χ1n) is 12.0. The maximum Gasteiger partial charge on any atom is 0.404 e. The highest BCUT2D eigenvalue weighted by Gasteiger charge is 2.35. The molecular weight excluding hydrogens is 525 g/mol. The van der Waals surface area contributed by atoms with Crippen LogP contribution in [-0.2, 0) is 21.3 Å². The Bertz CT molecular complexity index is 1200. The van der Waals surface area contributed by atoms with Crippen molar-refractivity contribution < 1.29 is 35.9 Å². The summed E-state index contributed by atoms with van der Waals surface area (Å²) >= 11 is 0. The van der Waals surface area contributed by atoms with Crippen molar-refractivity contribution in [3.8, 4) is 5.75 Å². The lowest BCUT2D eigenvalue weighted by Gasteiger charge is -2.36. The number of rotatable bonds is 6. The minimum absolute atomic E-state index is 0.0220. The summed E-state index contributed by atoms with van der Waals surface area (Å²) in [5.74, 6) is -2.31. The van der Waals surface area contributed by atoms with Crippen molar-refractivity contribution >= 4 is 21.6 Å². The SMILES string of the molecule is CO[C@@H]1CN(C)C(=O)c2cc(NS(=O)(=O)CC(F)(F)F)ccc2OC[C@@H](C)N(Cc2cccnc2)C[C@H]1C. The van der Waals surface area contributed by atoms with E-state index in [9.17, 15) is 26.4 Å². The maximum atomic E-state index is 13.4. The van der Waals surface area contributed by atoms with E-state index >= 15 is 0 Å². The van der Waals surface area contributed by atoms with Gasteiger partial charge in [-0.15, -0.1) is 0 Å². The summed E-state index contributed by atoms with van der Waals surface area (Å²) in [6.07, 6.45) is -1.72. The van der Waals surface area contributed by atoms with Crippen LogP contribution in [-0.4, -0.2) is 87.0 Å². The maximum absolute atomic E-state index is 13.4. The number of benzene rings is 1. The van der Waals surface area contributed by atoms with Gasteiger partial charge in [0.1, 0.15) is 12.4 Å². The van der Waals surface area contributed by atoms with Gasteiger partial charge in [0, 0.05) is 57.9 Å². The Morgan fingerprint density at radius 2 is 1.95 bits per heavy atom. The van der Waals surface area contributed by atoms with Gasteiger partial charge >= 0.3 is 6.18 Å². The number of amides is 1. The number of fused-ring (bicyclic) bond motifs is 1. The van der Waals surface area contributed by atoms with E-state index in [-0.39, 0.29) is 48.2 Å². The predicted octanol–water partition coefficient (Wildman–Crippen LogP) is 3.39. The van der Waals surface area contributed by atoms with E-state index < -0.39 is 27.9 Å². The van der Waals surface area contributed by atoms with Gasteiger partial charge in [-0.1, -0.05) is 13.0 Å². The standard InChI is InChI=1S/C25H33F3N4O5S/c1-17-12-32(13-19-6-5-9-29-11-19)18(2)15-37-22-8-7-20(30-38(34,35)16-25(26,27)28)10-21(22)24(33)31(3)14-23(17)36-4/h5-11,17-18,23,30H,12-16H2,1-4H3/t17-,18-,23-/m1/s1. The number of nitrogens with one attached hydrogen (secondary N) is 1. The van der Waals surface area contributed by atoms with Crippen LogP contribution in [0.15, 0.2) is 42.7 Å². The van der Waals surface area contributed by atoms with Gasteiger partial charge in [0.15, 0.2) is 5.75 Å². The fourth-order valence-corrected chi connectivity index (χ4v) is 5.28. The third-order valence-electron chi connectivity index (χ3n) is 6.31. The van der Waals surface area contributed by atoms with Crippen LogP contribution < -0.4 is 9.46 Å². The second kappa shape index (κ2) is 12.3. The molecule has 2 heterocycles. The molecule has 0 fully saturated rings. The minimum atomic E-state index is -4.91. The molecular formula is C25H33F3N4O5S. The van der Waals surface area contributed by atoms with E-state index in [0.29, 0.717) is 13.1 Å². The van der Waals surface area contributed by atoms with Crippen LogP contribution in [0, 0.1) is 5.92 Å². The first-order chi connectivity index (χ1) is 17.8. The molecule has 0 bridgehead atoms. The Morgan fingerprint density at radius 1 is 1.21 bits per heavy atom. The summed E-state index contributed by atoms with van der Waals surface area (Å²) in [4.78, 5) is 21.2. The molecule has 0 saturated heterocycles. The fraction of sp³-hybridized carbons (Fsp3) is 0.520. The zero-order chi connectivity index (χ0) is 28.1. The molecule has 3 atom stereocenters. The fourth-order valence-electron chi connectivity index (χ4n) is 4.29. The zero-order valence-corrected chi connectivity index (χ0v) is 22.6. The van der Waals surface area contributed by atoms with Crippen LogP contribution in [0.5, 0.6) is 5.75 Å². The van der Waals surface area contributed by atoms with Crippen LogP contribution in [0.4, 0.5) is 18.9 Å². The Balaban J connectivity index is 1.94. The molecule has 210 valence electrons. The number of ether oxygens (including phenoxy) is 2. The molecule has 9 nitrogen and oxygen atoms in total. The van der Waals surface area contributed by atoms with Crippen molar-refractivity contribution in [1.29, 1.82) is 0 Å². The molecule has 0 aliphatic carbocycles. The summed E-state index contributed by atoms with van der Waals surface area (Å²) in [6, 6.07) is 7.60. The Kier molecular flexibility index (Phi) is 9.60. The van der Waals surface area contributed by atoms with Crippen LogP contribution in [0.3, 0.4) is 0 Å². The number of methoxy groups -OCH3 is 1. The van der Waals surface area contributed by atoms with Crippen molar-refractivity contribution in [3.63, 3.8) is 0 Å². The number of carbonyl (C=O) groups is 1.